The van der Waals surface area contributed by atoms with Gasteiger partial charge in [0.25, 0.3) is 0 Å². The summed E-state index contributed by atoms with van der Waals surface area (Å²) in [4.78, 5) is 6.76. The molecule has 20 heavy (non-hydrogen) atoms. The van der Waals surface area contributed by atoms with Crippen molar-refractivity contribution in [3.8, 4) is 0 Å². The van der Waals surface area contributed by atoms with Gasteiger partial charge >= 0.3 is 0 Å². The third-order valence-corrected chi connectivity index (χ3v) is 6.24. The smallest absolute Gasteiger partial charge is 0.164 e. The highest BCUT2D eigenvalue weighted by Crippen LogP contribution is 2.34. The van der Waals surface area contributed by atoms with Gasteiger partial charge in [-0.15, -0.1) is 0 Å². The lowest BCUT2D eigenvalue weighted by molar-refractivity contribution is 0.601. The predicted octanol–water partition coefficient (Wildman–Crippen LogP) is 2.09. The Morgan fingerprint density at radius 1 is 1.30 bits per heavy atom. The van der Waals surface area contributed by atoms with Crippen LogP contribution in [0.15, 0.2) is 29.3 Å². The number of nitrogens with zero attached hydrogens (tertiary/aromatic N) is 2. The van der Waals surface area contributed by atoms with Crippen LogP contribution in [0.5, 0.6) is 0 Å². The fourth-order valence-corrected chi connectivity index (χ4v) is 5.46. The van der Waals surface area contributed by atoms with Crippen LogP contribution in [0.4, 0.5) is 5.69 Å². The summed E-state index contributed by atoms with van der Waals surface area (Å²) in [6.07, 6.45) is 0. The number of fused-ring (bicyclic) bond motifs is 1. The normalized spacial score (nSPS) is 27.5. The van der Waals surface area contributed by atoms with E-state index in [-0.39, 0.29) is 23.6 Å². The van der Waals surface area contributed by atoms with Gasteiger partial charge in [0.1, 0.15) is 0 Å². The summed E-state index contributed by atoms with van der Waals surface area (Å²) in [6.45, 7) is 4.14. The minimum Gasteiger partial charge on any atom is -0.315 e. The zero-order valence-corrected chi connectivity index (χ0v) is 13.2. The van der Waals surface area contributed by atoms with Crippen molar-refractivity contribution in [3.63, 3.8) is 0 Å². The third-order valence-electron chi connectivity index (χ3n) is 3.69. The van der Waals surface area contributed by atoms with E-state index in [1.165, 1.54) is 5.56 Å². The van der Waals surface area contributed by atoms with E-state index in [1.807, 2.05) is 19.1 Å². The van der Waals surface area contributed by atoms with Crippen LogP contribution in [0.25, 0.3) is 0 Å². The van der Waals surface area contributed by atoms with Gasteiger partial charge in [0.05, 0.1) is 23.6 Å². The molecule has 0 saturated carbocycles. The van der Waals surface area contributed by atoms with Crippen molar-refractivity contribution in [2.75, 3.05) is 22.2 Å². The van der Waals surface area contributed by atoms with Crippen LogP contribution in [-0.4, -0.2) is 42.9 Å². The van der Waals surface area contributed by atoms with Gasteiger partial charge in [-0.2, -0.15) is 0 Å². The van der Waals surface area contributed by atoms with Crippen LogP contribution >= 0.6 is 11.8 Å². The van der Waals surface area contributed by atoms with Crippen molar-refractivity contribution >= 4 is 32.5 Å². The first-order valence-corrected chi connectivity index (χ1v) is 9.58. The number of benzene rings is 1. The number of hydrogen-bond donors (Lipinski definition) is 0. The Labute approximate surface area is 124 Å². The molecule has 0 bridgehead atoms. The maximum Gasteiger partial charge on any atom is 0.164 e. The van der Waals surface area contributed by atoms with Gasteiger partial charge in [-0.3, -0.25) is 4.99 Å². The molecule has 2 aliphatic heterocycles. The van der Waals surface area contributed by atoms with Crippen LogP contribution in [0.1, 0.15) is 12.5 Å². The number of rotatable bonds is 2. The number of aliphatic imine (C=N–C) groups is 1. The van der Waals surface area contributed by atoms with Gasteiger partial charge in [0.15, 0.2) is 15.0 Å². The molecule has 2 atom stereocenters. The number of hydrogen-bond acceptors (Lipinski definition) is 5. The fourth-order valence-electron chi connectivity index (χ4n) is 2.77. The second-order valence-electron chi connectivity index (χ2n) is 5.26. The molecule has 3 rings (SSSR count). The van der Waals surface area contributed by atoms with E-state index in [4.69, 9.17) is 0 Å². The monoisotopic (exact) mass is 310 g/mol. The van der Waals surface area contributed by atoms with Gasteiger partial charge in [-0.05, 0) is 24.8 Å². The van der Waals surface area contributed by atoms with E-state index in [2.05, 4.69) is 28.9 Å². The maximum absolute atomic E-state index is 11.8. The molecular formula is C14H18N2O2S2. The second kappa shape index (κ2) is 5.07. The lowest BCUT2D eigenvalue weighted by Gasteiger charge is -2.26. The highest BCUT2D eigenvalue weighted by molar-refractivity contribution is 8.14. The molecule has 1 aromatic carbocycles. The highest BCUT2D eigenvalue weighted by atomic mass is 32.2. The average Bonchev–Trinajstić information content (AvgIpc) is 2.82. The summed E-state index contributed by atoms with van der Waals surface area (Å²) in [5, 5.41) is 0.959. The van der Waals surface area contributed by atoms with E-state index in [0.717, 1.165) is 16.6 Å². The highest BCUT2D eigenvalue weighted by Gasteiger charge is 2.46. The summed E-state index contributed by atoms with van der Waals surface area (Å²) in [5.41, 5.74) is 2.24. The van der Waals surface area contributed by atoms with Crippen LogP contribution in [0.2, 0.25) is 0 Å². The molecule has 4 nitrogen and oxygen atoms in total. The molecule has 0 N–H and O–H groups in total. The quantitative estimate of drug-likeness (QED) is 0.839. The number of amidine groups is 1. The molecule has 2 aliphatic rings. The Balaban J connectivity index is 1.97. The molecule has 1 saturated heterocycles. The Kier molecular flexibility index (Phi) is 3.54. The predicted molar refractivity (Wildman–Crippen MR) is 85.5 cm³/mol. The van der Waals surface area contributed by atoms with Crippen LogP contribution < -0.4 is 4.90 Å². The van der Waals surface area contributed by atoms with Gasteiger partial charge in [-0.25, -0.2) is 8.42 Å². The lowest BCUT2D eigenvalue weighted by atomic mass is 10.1. The van der Waals surface area contributed by atoms with Crippen molar-refractivity contribution in [1.29, 1.82) is 0 Å². The van der Waals surface area contributed by atoms with Crippen molar-refractivity contribution < 1.29 is 8.42 Å². The van der Waals surface area contributed by atoms with E-state index in [9.17, 15) is 8.42 Å². The summed E-state index contributed by atoms with van der Waals surface area (Å²) in [6, 6.07) is 8.08. The molecule has 0 aliphatic carbocycles. The molecule has 0 radical (unpaired) electrons. The summed E-state index contributed by atoms with van der Waals surface area (Å²) in [5.74, 6) is 1.34. The number of aryl methyl sites for hydroxylation is 1. The second-order valence-corrected chi connectivity index (χ2v) is 8.65. The minimum absolute atomic E-state index is 0.0308. The molecule has 0 spiro atoms. The first-order valence-electron chi connectivity index (χ1n) is 6.77. The van der Waals surface area contributed by atoms with Crippen molar-refractivity contribution in [1.82, 2.24) is 0 Å². The Morgan fingerprint density at radius 2 is 2.00 bits per heavy atom. The average molecular weight is 310 g/mol. The first-order chi connectivity index (χ1) is 9.50. The summed E-state index contributed by atoms with van der Waals surface area (Å²) in [7, 11) is -2.95. The fraction of sp³-hybridized carbons (Fsp3) is 0.500. The zero-order chi connectivity index (χ0) is 14.3. The molecular weight excluding hydrogens is 292 g/mol. The SMILES string of the molecule is CCSC1=NC2CS(=O)(=O)CC2N1c1ccc(C)cc1. The molecule has 2 heterocycles. The topological polar surface area (TPSA) is 49.7 Å². The largest absolute Gasteiger partial charge is 0.315 e. The summed E-state index contributed by atoms with van der Waals surface area (Å²) < 4.78 is 23.7. The standard InChI is InChI=1S/C14H18N2O2S2/c1-3-19-14-15-12-8-20(17,18)9-13(12)16(14)11-6-4-10(2)5-7-11/h4-7,12-13H,3,8-9H2,1-2H3. The molecule has 2 unspecified atom stereocenters. The molecule has 108 valence electrons. The van der Waals surface area contributed by atoms with E-state index in [1.54, 1.807) is 11.8 Å². The Morgan fingerprint density at radius 3 is 2.65 bits per heavy atom. The molecule has 0 amide bonds. The van der Waals surface area contributed by atoms with E-state index < -0.39 is 9.84 Å². The lowest BCUT2D eigenvalue weighted by Crippen LogP contribution is -2.39. The molecule has 1 fully saturated rings. The third kappa shape index (κ3) is 2.46. The maximum atomic E-state index is 11.8. The van der Waals surface area contributed by atoms with Gasteiger partial charge in [0, 0.05) is 5.69 Å². The summed E-state index contributed by atoms with van der Waals surface area (Å²) >= 11 is 1.68. The Bertz CT molecular complexity index is 638. The van der Waals surface area contributed by atoms with Gasteiger partial charge < -0.3 is 4.90 Å². The zero-order valence-electron chi connectivity index (χ0n) is 11.6. The van der Waals surface area contributed by atoms with Crippen LogP contribution in [0, 0.1) is 6.92 Å². The minimum atomic E-state index is -2.95. The van der Waals surface area contributed by atoms with Crippen molar-refractivity contribution in [2.24, 2.45) is 4.99 Å². The van der Waals surface area contributed by atoms with Crippen molar-refractivity contribution in [3.05, 3.63) is 29.8 Å². The Hall–Kier alpha value is -1.01. The van der Waals surface area contributed by atoms with Crippen LogP contribution in [0.3, 0.4) is 0 Å². The molecule has 1 aromatic rings. The number of thioether (sulfide) groups is 1. The number of sulfone groups is 1. The van der Waals surface area contributed by atoms with E-state index in [0.29, 0.717) is 0 Å². The van der Waals surface area contributed by atoms with Gasteiger partial charge in [0.2, 0.25) is 0 Å². The first kappa shape index (κ1) is 13.9. The number of anilines is 1. The van der Waals surface area contributed by atoms with Crippen molar-refractivity contribution in [2.45, 2.75) is 25.9 Å². The van der Waals surface area contributed by atoms with E-state index >= 15 is 0 Å². The molecule has 0 aromatic heterocycles. The van der Waals surface area contributed by atoms with Crippen LogP contribution in [-0.2, 0) is 9.84 Å². The van der Waals surface area contributed by atoms with Gasteiger partial charge in [-0.1, -0.05) is 36.4 Å². The molecule has 6 heteroatoms.